The minimum atomic E-state index is -0.802. The van der Waals surface area contributed by atoms with E-state index in [0.29, 0.717) is 33.9 Å². The largest absolute Gasteiger partial charge is 0.466 e. The van der Waals surface area contributed by atoms with Crippen molar-refractivity contribution in [3.8, 4) is 0 Å². The van der Waals surface area contributed by atoms with E-state index in [1.165, 1.54) is 7.11 Å². The zero-order chi connectivity index (χ0) is 22.4. The summed E-state index contributed by atoms with van der Waals surface area (Å²) in [5.41, 5.74) is 2.29. The smallest absolute Gasteiger partial charge is 0.336 e. The molecule has 0 N–H and O–H groups in total. The third-order valence-electron chi connectivity index (χ3n) is 4.82. The van der Waals surface area contributed by atoms with E-state index in [1.54, 1.807) is 36.9 Å². The van der Waals surface area contributed by atoms with Crippen molar-refractivity contribution in [2.24, 2.45) is 0 Å². The molecule has 0 fully saturated rings. The van der Waals surface area contributed by atoms with E-state index >= 15 is 0 Å². The van der Waals surface area contributed by atoms with Gasteiger partial charge in [-0.3, -0.25) is 0 Å². The number of hydrogen-bond donors (Lipinski definition) is 0. The second-order valence-electron chi connectivity index (χ2n) is 6.44. The van der Waals surface area contributed by atoms with Crippen LogP contribution >= 0.6 is 39.1 Å². The Kier molecular flexibility index (Phi) is 9.22. The van der Waals surface area contributed by atoms with Crippen LogP contribution in [0.4, 0.5) is 0 Å². The Hall–Kier alpha value is -1.54. The maximum Gasteiger partial charge on any atom is 0.336 e. The topological polar surface area (TPSA) is 65.1 Å². The second kappa shape index (κ2) is 11.2. The fourth-order valence-electron chi connectivity index (χ4n) is 3.39. The number of carbonyl (C=O) groups excluding carboxylic acids is 2. The molecule has 1 heterocycles. The van der Waals surface area contributed by atoms with Gasteiger partial charge in [0.1, 0.15) is 13.3 Å². The molecule has 2 rings (SSSR count). The molecular formula is C21H24BrCl2NO5. The lowest BCUT2D eigenvalue weighted by molar-refractivity contribution is -0.139. The van der Waals surface area contributed by atoms with Gasteiger partial charge in [0.25, 0.3) is 0 Å². The molecule has 164 valence electrons. The number of allylic oxidation sites excluding steroid dienone is 2. The van der Waals surface area contributed by atoms with Crippen LogP contribution in [0.1, 0.15) is 32.3 Å². The molecule has 6 nitrogen and oxygen atoms in total. The molecule has 0 bridgehead atoms. The number of halogens is 3. The lowest BCUT2D eigenvalue weighted by Gasteiger charge is -2.37. The van der Waals surface area contributed by atoms with Gasteiger partial charge < -0.3 is 19.1 Å². The number of ether oxygens (including phenoxy) is 3. The van der Waals surface area contributed by atoms with Gasteiger partial charge in [-0.1, -0.05) is 51.3 Å². The first-order chi connectivity index (χ1) is 14.3. The molecule has 0 saturated carbocycles. The molecular weight excluding hydrogens is 497 g/mol. The summed E-state index contributed by atoms with van der Waals surface area (Å²) in [4.78, 5) is 27.7. The molecule has 1 aromatic rings. The van der Waals surface area contributed by atoms with Crippen molar-refractivity contribution in [1.29, 1.82) is 0 Å². The molecule has 0 amide bonds. The zero-order valence-electron chi connectivity index (χ0n) is 17.3. The van der Waals surface area contributed by atoms with Gasteiger partial charge in [-0.2, -0.15) is 0 Å². The Morgan fingerprint density at radius 1 is 1.13 bits per heavy atom. The number of esters is 2. The van der Waals surface area contributed by atoms with Crippen LogP contribution in [0.5, 0.6) is 0 Å². The Balaban J connectivity index is 2.78. The Bertz CT molecular complexity index is 884. The second-order valence-corrected chi connectivity index (χ2v) is 8.02. The molecule has 0 radical (unpaired) electrons. The van der Waals surface area contributed by atoms with Gasteiger partial charge in [-0.25, -0.2) is 9.59 Å². The molecule has 1 aliphatic rings. The molecule has 0 aromatic heterocycles. The molecule has 1 unspecified atom stereocenters. The number of carbonyl (C=O) groups is 2. The first-order valence-electron chi connectivity index (χ1n) is 9.32. The summed E-state index contributed by atoms with van der Waals surface area (Å²) in [5, 5.41) is 1.06. The first-order valence-corrected chi connectivity index (χ1v) is 11.2. The lowest BCUT2D eigenvalue weighted by atomic mass is 9.79. The van der Waals surface area contributed by atoms with Gasteiger partial charge in [0, 0.05) is 23.3 Å². The van der Waals surface area contributed by atoms with Crippen molar-refractivity contribution in [3.63, 3.8) is 0 Å². The van der Waals surface area contributed by atoms with Crippen LogP contribution in [-0.4, -0.2) is 49.2 Å². The van der Waals surface area contributed by atoms with E-state index in [0.717, 1.165) is 0 Å². The Labute approximate surface area is 194 Å². The minimum absolute atomic E-state index is 0.167. The van der Waals surface area contributed by atoms with E-state index < -0.39 is 17.9 Å². The normalized spacial score (nSPS) is 16.8. The van der Waals surface area contributed by atoms with Gasteiger partial charge >= 0.3 is 11.9 Å². The average Bonchev–Trinajstić information content (AvgIpc) is 2.73. The van der Waals surface area contributed by atoms with Crippen molar-refractivity contribution in [2.75, 3.05) is 32.4 Å². The first kappa shape index (κ1) is 24.7. The number of methoxy groups -OCH3 is 1. The number of alkyl halides is 1. The average molecular weight is 521 g/mol. The van der Waals surface area contributed by atoms with Gasteiger partial charge in [0.05, 0.1) is 34.2 Å². The van der Waals surface area contributed by atoms with Gasteiger partial charge in [0.2, 0.25) is 0 Å². The van der Waals surface area contributed by atoms with Crippen molar-refractivity contribution >= 4 is 51.1 Å². The summed E-state index contributed by atoms with van der Waals surface area (Å²) in [5.74, 6) is -1.93. The molecule has 1 aliphatic heterocycles. The van der Waals surface area contributed by atoms with Crippen LogP contribution in [0.2, 0.25) is 10.0 Å². The maximum absolute atomic E-state index is 13.1. The monoisotopic (exact) mass is 519 g/mol. The van der Waals surface area contributed by atoms with Crippen molar-refractivity contribution in [1.82, 2.24) is 4.90 Å². The number of nitrogens with zero attached hydrogens (tertiary/aromatic N) is 1. The highest BCUT2D eigenvalue weighted by atomic mass is 79.9. The molecule has 1 atom stereocenters. The van der Waals surface area contributed by atoms with Crippen LogP contribution in [0.25, 0.3) is 0 Å². The predicted octanol–water partition coefficient (Wildman–Crippen LogP) is 5.05. The summed E-state index contributed by atoms with van der Waals surface area (Å²) in [7, 11) is 1.29. The third kappa shape index (κ3) is 5.02. The molecule has 9 heteroatoms. The van der Waals surface area contributed by atoms with Crippen molar-refractivity contribution < 1.29 is 23.8 Å². The maximum atomic E-state index is 13.1. The van der Waals surface area contributed by atoms with Crippen molar-refractivity contribution in [3.05, 3.63) is 56.3 Å². The Morgan fingerprint density at radius 2 is 1.77 bits per heavy atom. The molecule has 1 aromatic carbocycles. The van der Waals surface area contributed by atoms with E-state index in [9.17, 15) is 9.59 Å². The molecule has 0 aliphatic carbocycles. The van der Waals surface area contributed by atoms with E-state index in [4.69, 9.17) is 37.4 Å². The number of benzene rings is 1. The number of rotatable bonds is 8. The lowest BCUT2D eigenvalue weighted by Crippen LogP contribution is -2.36. The van der Waals surface area contributed by atoms with Crippen LogP contribution in [0, 0.1) is 0 Å². The molecule has 30 heavy (non-hydrogen) atoms. The third-order valence-corrected chi connectivity index (χ3v) is 5.98. The molecule has 0 saturated heterocycles. The summed E-state index contributed by atoms with van der Waals surface area (Å²) >= 11 is 16.0. The summed E-state index contributed by atoms with van der Waals surface area (Å²) in [6.45, 7) is 6.24. The van der Waals surface area contributed by atoms with Crippen LogP contribution in [0.3, 0.4) is 0 Å². The minimum Gasteiger partial charge on any atom is -0.466 e. The molecule has 0 spiro atoms. The van der Waals surface area contributed by atoms with Gasteiger partial charge in [-0.15, -0.1) is 0 Å². The fraction of sp³-hybridized carbons (Fsp3) is 0.429. The number of hydrogen-bond acceptors (Lipinski definition) is 6. The SMILES string of the molecule is CCOCN1C(C)=C(C(=O)OC)C(c2cccc(Cl)c2Cl)C(C(=O)OCCBr)=C1C. The highest BCUT2D eigenvalue weighted by Crippen LogP contribution is 2.46. The van der Waals surface area contributed by atoms with E-state index in [1.807, 2.05) is 6.92 Å². The summed E-state index contributed by atoms with van der Waals surface area (Å²) in [6.07, 6.45) is 0. The predicted molar refractivity (Wildman–Crippen MR) is 120 cm³/mol. The van der Waals surface area contributed by atoms with E-state index in [-0.39, 0.29) is 29.5 Å². The van der Waals surface area contributed by atoms with Crippen LogP contribution in [-0.2, 0) is 23.8 Å². The van der Waals surface area contributed by atoms with Crippen molar-refractivity contribution in [2.45, 2.75) is 26.7 Å². The zero-order valence-corrected chi connectivity index (χ0v) is 20.4. The Morgan fingerprint density at radius 3 is 2.33 bits per heavy atom. The summed E-state index contributed by atoms with van der Waals surface area (Å²) in [6, 6.07) is 5.10. The highest BCUT2D eigenvalue weighted by Gasteiger charge is 2.41. The van der Waals surface area contributed by atoms with Crippen LogP contribution in [0.15, 0.2) is 40.7 Å². The van der Waals surface area contributed by atoms with E-state index in [2.05, 4.69) is 15.9 Å². The highest BCUT2D eigenvalue weighted by molar-refractivity contribution is 9.09. The standard InChI is InChI=1S/C21H24BrCl2NO5/c1-5-29-11-25-12(2)16(20(26)28-4)18(14-7-6-8-15(23)19(14)24)17(13(25)3)21(27)30-10-9-22/h6-8,18H,5,9-11H2,1-4H3. The summed E-state index contributed by atoms with van der Waals surface area (Å²) < 4.78 is 16.0. The van der Waals surface area contributed by atoms with Crippen LogP contribution < -0.4 is 0 Å². The van der Waals surface area contributed by atoms with Gasteiger partial charge in [-0.05, 0) is 32.4 Å². The quantitative estimate of drug-likeness (QED) is 0.353. The van der Waals surface area contributed by atoms with Gasteiger partial charge in [0.15, 0.2) is 0 Å². The fourth-order valence-corrected chi connectivity index (χ4v) is 3.96.